The summed E-state index contributed by atoms with van der Waals surface area (Å²) in [6, 6.07) is 16.9. The van der Waals surface area contributed by atoms with Crippen LogP contribution >= 0.6 is 0 Å². The van der Waals surface area contributed by atoms with Crippen LogP contribution < -0.4 is 9.64 Å². The first kappa shape index (κ1) is 29.9. The number of aliphatic hydroxyl groups is 1. The number of likely N-dealkylation sites (N-methyl/N-ethyl adjacent to an activating group) is 1. The molecule has 0 saturated heterocycles. The van der Waals surface area contributed by atoms with E-state index in [1.54, 1.807) is 37.5 Å². The minimum absolute atomic E-state index is 0. The van der Waals surface area contributed by atoms with Crippen molar-refractivity contribution in [2.24, 2.45) is 10.2 Å². The Kier molecular flexibility index (Phi) is 9.24. The minimum atomic E-state index is -4.64. The number of rotatable bonds is 7. The molecular formula is C29H27CoF4N3O2. The summed E-state index contributed by atoms with van der Waals surface area (Å²) in [5.41, 5.74) is 1.25. The number of fused-ring (bicyclic) bond motifs is 1. The Morgan fingerprint density at radius 1 is 1.08 bits per heavy atom. The standard InChI is InChI=1S/C29H27F4N3O2.Co/c1-4-36-25-13-12-22(38-3)17-23(25)28(2,18-20-10-11-21(16-24(20)30)29(31,32)33)26(36)14-15-34-35-27(37)19-8-6-5-7-9-19;/h5-17H,4,18H2,1-3H3,(H,35,37);/b26-14-,34-15+;. The number of nitrogens with zero attached hydrogens (tertiary/aromatic N) is 3. The van der Waals surface area contributed by atoms with Gasteiger partial charge in [0.25, 0.3) is 0 Å². The second-order valence-corrected chi connectivity index (χ2v) is 9.05. The van der Waals surface area contributed by atoms with Gasteiger partial charge in [-0.2, -0.15) is 18.3 Å². The molecule has 1 heterocycles. The van der Waals surface area contributed by atoms with Gasteiger partial charge in [-0.3, -0.25) is 0 Å². The zero-order valence-corrected chi connectivity index (χ0v) is 22.5. The van der Waals surface area contributed by atoms with Crippen molar-refractivity contribution in [2.45, 2.75) is 31.9 Å². The average Bonchev–Trinajstić information content (AvgIpc) is 3.13. The van der Waals surface area contributed by atoms with Gasteiger partial charge in [0.15, 0.2) is 0 Å². The van der Waals surface area contributed by atoms with E-state index in [4.69, 9.17) is 4.74 Å². The summed E-state index contributed by atoms with van der Waals surface area (Å²) in [5.74, 6) is -0.571. The molecule has 0 bridgehead atoms. The molecule has 1 radical (unpaired) electrons. The molecule has 1 aliphatic heterocycles. The molecule has 1 atom stereocenters. The Bertz CT molecular complexity index is 1410. The fourth-order valence-corrected chi connectivity index (χ4v) is 4.77. The van der Waals surface area contributed by atoms with E-state index in [-0.39, 0.29) is 34.7 Å². The van der Waals surface area contributed by atoms with Gasteiger partial charge in [0.05, 0.1) is 18.9 Å². The van der Waals surface area contributed by atoms with Crippen LogP contribution in [-0.2, 0) is 34.8 Å². The maximum absolute atomic E-state index is 15.0. The maximum Gasteiger partial charge on any atom is 0.416 e. The zero-order valence-electron chi connectivity index (χ0n) is 21.5. The summed E-state index contributed by atoms with van der Waals surface area (Å²) in [6.07, 6.45) is -1.39. The van der Waals surface area contributed by atoms with Gasteiger partial charge in [0, 0.05) is 45.7 Å². The summed E-state index contributed by atoms with van der Waals surface area (Å²) in [5, 5.41) is 18.0. The Hall–Kier alpha value is -3.63. The third kappa shape index (κ3) is 6.17. The summed E-state index contributed by atoms with van der Waals surface area (Å²) < 4.78 is 59.7. The number of hydrogen-bond donors (Lipinski definition) is 1. The minimum Gasteiger partial charge on any atom is -0.497 e. The fourth-order valence-electron chi connectivity index (χ4n) is 4.77. The molecule has 0 aromatic heterocycles. The van der Waals surface area contributed by atoms with Crippen molar-refractivity contribution in [3.8, 4) is 5.75 Å². The van der Waals surface area contributed by atoms with Crippen molar-refractivity contribution in [1.29, 1.82) is 0 Å². The molecule has 1 unspecified atom stereocenters. The Morgan fingerprint density at radius 2 is 1.79 bits per heavy atom. The van der Waals surface area contributed by atoms with E-state index in [0.29, 0.717) is 23.9 Å². The van der Waals surface area contributed by atoms with E-state index in [1.807, 2.05) is 43.0 Å². The summed E-state index contributed by atoms with van der Waals surface area (Å²) >= 11 is 0. The van der Waals surface area contributed by atoms with Crippen molar-refractivity contribution >= 4 is 17.8 Å². The Morgan fingerprint density at radius 3 is 2.41 bits per heavy atom. The van der Waals surface area contributed by atoms with Crippen molar-refractivity contribution in [2.75, 3.05) is 18.6 Å². The normalized spacial score (nSPS) is 18.4. The van der Waals surface area contributed by atoms with Gasteiger partial charge in [-0.05, 0) is 79.9 Å². The number of allylic oxidation sites excluding steroid dienone is 2. The quantitative estimate of drug-likeness (QED) is 0.140. The molecule has 4 rings (SSSR count). The van der Waals surface area contributed by atoms with Gasteiger partial charge >= 0.3 is 6.18 Å². The molecule has 39 heavy (non-hydrogen) atoms. The Balaban J connectivity index is 0.00000420. The predicted octanol–water partition coefficient (Wildman–Crippen LogP) is 7.07. The topological polar surface area (TPSA) is 57.4 Å². The number of hydrogen-bond acceptors (Lipinski definition) is 4. The van der Waals surface area contributed by atoms with E-state index in [2.05, 4.69) is 10.2 Å². The van der Waals surface area contributed by atoms with E-state index >= 15 is 0 Å². The fraction of sp³-hybridized carbons (Fsp3) is 0.241. The first-order valence-corrected chi connectivity index (χ1v) is 12.0. The van der Waals surface area contributed by atoms with Crippen LogP contribution in [0, 0.1) is 5.82 Å². The van der Waals surface area contributed by atoms with Gasteiger partial charge in [-0.1, -0.05) is 24.3 Å². The first-order valence-electron chi connectivity index (χ1n) is 12.0. The van der Waals surface area contributed by atoms with E-state index in [0.717, 1.165) is 23.0 Å². The van der Waals surface area contributed by atoms with Crippen LogP contribution in [0.25, 0.3) is 0 Å². The van der Waals surface area contributed by atoms with E-state index in [1.165, 1.54) is 12.3 Å². The molecule has 0 amide bonds. The third-order valence-electron chi connectivity index (χ3n) is 6.67. The second kappa shape index (κ2) is 12.0. The first-order chi connectivity index (χ1) is 18.1. The molecule has 10 heteroatoms. The molecule has 0 aliphatic carbocycles. The number of ether oxygens (including phenoxy) is 1. The smallest absolute Gasteiger partial charge is 0.416 e. The molecule has 3 aromatic rings. The number of alkyl halides is 3. The molecule has 1 aliphatic rings. The molecular weight excluding hydrogens is 557 g/mol. The second-order valence-electron chi connectivity index (χ2n) is 9.05. The Labute approximate surface area is 234 Å². The van der Waals surface area contributed by atoms with Crippen LogP contribution in [0.2, 0.25) is 0 Å². The van der Waals surface area contributed by atoms with E-state index in [9.17, 15) is 22.7 Å². The van der Waals surface area contributed by atoms with Gasteiger partial charge in [0.1, 0.15) is 11.6 Å². The van der Waals surface area contributed by atoms with Gasteiger partial charge in [0.2, 0.25) is 5.90 Å². The van der Waals surface area contributed by atoms with Crippen LogP contribution in [0.5, 0.6) is 5.75 Å². The largest absolute Gasteiger partial charge is 0.497 e. The van der Waals surface area contributed by atoms with Crippen LogP contribution in [0.1, 0.15) is 36.1 Å². The summed E-state index contributed by atoms with van der Waals surface area (Å²) in [4.78, 5) is 2.03. The number of methoxy groups -OCH3 is 1. The van der Waals surface area contributed by atoms with Gasteiger partial charge < -0.3 is 14.7 Å². The predicted molar refractivity (Wildman–Crippen MR) is 141 cm³/mol. The molecule has 207 valence electrons. The molecule has 1 N–H and O–H groups in total. The van der Waals surface area contributed by atoms with Gasteiger partial charge in [-0.25, -0.2) is 4.39 Å². The van der Waals surface area contributed by atoms with E-state index < -0.39 is 23.0 Å². The van der Waals surface area contributed by atoms with Gasteiger partial charge in [-0.15, -0.1) is 5.10 Å². The molecule has 0 fully saturated rings. The summed E-state index contributed by atoms with van der Waals surface area (Å²) in [7, 11) is 1.54. The number of halogens is 4. The average molecular weight is 584 g/mol. The zero-order chi connectivity index (χ0) is 27.5. The van der Waals surface area contributed by atoms with Crippen molar-refractivity contribution in [3.05, 3.63) is 107 Å². The van der Waals surface area contributed by atoms with Crippen molar-refractivity contribution in [1.82, 2.24) is 0 Å². The molecule has 0 saturated carbocycles. The molecule has 5 nitrogen and oxygen atoms in total. The van der Waals surface area contributed by atoms with Crippen LogP contribution in [0.4, 0.5) is 23.2 Å². The van der Waals surface area contributed by atoms with Crippen molar-refractivity contribution in [3.63, 3.8) is 0 Å². The number of anilines is 1. The monoisotopic (exact) mass is 584 g/mol. The SMILES string of the molecule is CCN1\C(=C/C=N/N=C(\O)c2ccccc2)C(C)(Cc2ccc(C(F)(F)F)cc2F)c2cc(OC)ccc21.[Co]. The summed E-state index contributed by atoms with van der Waals surface area (Å²) in [6.45, 7) is 4.44. The number of aliphatic hydroxyl groups excluding tert-OH is 1. The van der Waals surface area contributed by atoms with Crippen LogP contribution in [0.15, 0.2) is 88.7 Å². The maximum atomic E-state index is 15.0. The van der Waals surface area contributed by atoms with Crippen molar-refractivity contribution < 1.29 is 44.2 Å². The third-order valence-corrected chi connectivity index (χ3v) is 6.67. The van der Waals surface area contributed by atoms with Crippen LogP contribution in [0.3, 0.4) is 0 Å². The molecule has 3 aromatic carbocycles. The van der Waals surface area contributed by atoms with Crippen LogP contribution in [-0.4, -0.2) is 30.9 Å². The number of benzene rings is 3. The molecule has 0 spiro atoms.